The van der Waals surface area contributed by atoms with E-state index in [1.807, 2.05) is 0 Å². The van der Waals surface area contributed by atoms with Crippen LogP contribution in [0.2, 0.25) is 0 Å². The fraction of sp³-hybridized carbons (Fsp3) is 0.857. The van der Waals surface area contributed by atoms with Crippen LogP contribution >= 0.6 is 0 Å². The lowest BCUT2D eigenvalue weighted by Crippen LogP contribution is -2.36. The topological polar surface area (TPSA) is 65.0 Å². The summed E-state index contributed by atoms with van der Waals surface area (Å²) >= 11 is 0. The third kappa shape index (κ3) is 3.15. The Labute approximate surface area is 115 Å². The van der Waals surface area contributed by atoms with Crippen LogP contribution in [0, 0.1) is 17.8 Å². The predicted octanol–water partition coefficient (Wildman–Crippen LogP) is 1.63. The summed E-state index contributed by atoms with van der Waals surface area (Å²) in [5.41, 5.74) is -0.161. The van der Waals surface area contributed by atoms with E-state index >= 15 is 0 Å². The number of nitrogens with zero attached hydrogens (tertiary/aromatic N) is 3. The molecule has 5 nitrogen and oxygen atoms in total. The summed E-state index contributed by atoms with van der Waals surface area (Å²) < 4.78 is 0. The molecule has 108 valence electrons. The number of β-amino-alcohol motifs (C(OH)–C–C–N with tert-alkyl or cyclic N) is 1. The minimum absolute atomic E-state index is 0.662. The van der Waals surface area contributed by atoms with Gasteiger partial charge >= 0.3 is 0 Å². The SMILES string of the molecule is CC(C)C(CN1CC[C@](O)(c2cn[nH]n2)C1)C(C)C. The summed E-state index contributed by atoms with van der Waals surface area (Å²) in [7, 11) is 0. The number of rotatable bonds is 5. The number of H-pyrrole nitrogens is 1. The first kappa shape index (κ1) is 14.5. The van der Waals surface area contributed by atoms with E-state index < -0.39 is 5.60 Å². The van der Waals surface area contributed by atoms with Gasteiger partial charge < -0.3 is 5.11 Å². The molecule has 2 N–H and O–H groups in total. The smallest absolute Gasteiger partial charge is 0.124 e. The maximum atomic E-state index is 10.6. The molecule has 0 radical (unpaired) electrons. The van der Waals surface area contributed by atoms with E-state index in [-0.39, 0.29) is 0 Å². The van der Waals surface area contributed by atoms with Crippen molar-refractivity contribution in [2.75, 3.05) is 19.6 Å². The van der Waals surface area contributed by atoms with Gasteiger partial charge in [0.2, 0.25) is 0 Å². The van der Waals surface area contributed by atoms with Gasteiger partial charge in [-0.3, -0.25) is 4.90 Å². The number of hydrogen-bond donors (Lipinski definition) is 2. The van der Waals surface area contributed by atoms with Crippen molar-refractivity contribution in [2.24, 2.45) is 17.8 Å². The monoisotopic (exact) mass is 266 g/mol. The average molecular weight is 266 g/mol. The van der Waals surface area contributed by atoms with Gasteiger partial charge in [-0.1, -0.05) is 27.7 Å². The van der Waals surface area contributed by atoms with Crippen molar-refractivity contribution >= 4 is 0 Å². The van der Waals surface area contributed by atoms with Crippen molar-refractivity contribution in [1.29, 1.82) is 0 Å². The Hall–Kier alpha value is -0.940. The third-order valence-electron chi connectivity index (χ3n) is 4.40. The Morgan fingerprint density at radius 1 is 1.37 bits per heavy atom. The van der Waals surface area contributed by atoms with Gasteiger partial charge in [0, 0.05) is 19.6 Å². The molecule has 1 aromatic rings. The van der Waals surface area contributed by atoms with Crippen molar-refractivity contribution in [1.82, 2.24) is 20.3 Å². The summed E-state index contributed by atoms with van der Waals surface area (Å²) in [6.45, 7) is 11.8. The molecule has 0 amide bonds. The molecule has 1 aliphatic heterocycles. The Balaban J connectivity index is 1.98. The second-order valence-corrected chi connectivity index (χ2v) is 6.52. The molecule has 2 heterocycles. The van der Waals surface area contributed by atoms with Crippen molar-refractivity contribution < 1.29 is 5.11 Å². The molecule has 0 saturated carbocycles. The van der Waals surface area contributed by atoms with Crippen LogP contribution in [0.4, 0.5) is 0 Å². The molecule has 1 atom stereocenters. The average Bonchev–Trinajstić information content (AvgIpc) is 2.95. The zero-order valence-corrected chi connectivity index (χ0v) is 12.4. The van der Waals surface area contributed by atoms with Crippen molar-refractivity contribution in [2.45, 2.75) is 39.7 Å². The second kappa shape index (κ2) is 5.59. The molecule has 2 rings (SSSR count). The van der Waals surface area contributed by atoms with Crippen LogP contribution in [0.15, 0.2) is 6.20 Å². The van der Waals surface area contributed by atoms with Gasteiger partial charge in [-0.05, 0) is 24.2 Å². The lowest BCUT2D eigenvalue weighted by Gasteiger charge is -2.30. The van der Waals surface area contributed by atoms with E-state index in [0.717, 1.165) is 19.5 Å². The standard InChI is InChI=1S/C14H26N4O/c1-10(2)12(11(3)4)8-18-6-5-14(19,9-18)13-7-15-17-16-13/h7,10-12,19H,5-6,8-9H2,1-4H3,(H,15,16,17)/t14-/m1/s1. The molecule has 0 bridgehead atoms. The highest BCUT2D eigenvalue weighted by Gasteiger charge is 2.40. The molecule has 1 fully saturated rings. The molecule has 5 heteroatoms. The molecule has 0 unspecified atom stereocenters. The van der Waals surface area contributed by atoms with Crippen LogP contribution < -0.4 is 0 Å². The predicted molar refractivity (Wildman–Crippen MR) is 74.5 cm³/mol. The summed E-state index contributed by atoms with van der Waals surface area (Å²) in [4.78, 5) is 2.36. The zero-order chi connectivity index (χ0) is 14.0. The zero-order valence-electron chi connectivity index (χ0n) is 12.4. The van der Waals surface area contributed by atoms with Crippen LogP contribution in [-0.4, -0.2) is 45.1 Å². The molecule has 0 spiro atoms. The maximum Gasteiger partial charge on any atom is 0.124 e. The number of likely N-dealkylation sites (tertiary alicyclic amines) is 1. The normalized spacial score (nSPS) is 25.1. The molecule has 19 heavy (non-hydrogen) atoms. The summed E-state index contributed by atoms with van der Waals surface area (Å²) in [5.74, 6) is 2.00. The highest BCUT2D eigenvalue weighted by molar-refractivity contribution is 5.10. The Morgan fingerprint density at radius 2 is 2.05 bits per heavy atom. The Morgan fingerprint density at radius 3 is 2.58 bits per heavy atom. The number of aliphatic hydroxyl groups is 1. The minimum Gasteiger partial charge on any atom is -0.382 e. The summed E-state index contributed by atoms with van der Waals surface area (Å²) in [6, 6.07) is 0. The Bertz CT molecular complexity index is 382. The fourth-order valence-electron chi connectivity index (χ4n) is 3.15. The number of nitrogens with one attached hydrogen (secondary N) is 1. The van der Waals surface area contributed by atoms with Crippen LogP contribution in [-0.2, 0) is 5.60 Å². The van der Waals surface area contributed by atoms with Gasteiger partial charge in [0.15, 0.2) is 0 Å². The first-order valence-corrected chi connectivity index (χ1v) is 7.23. The largest absolute Gasteiger partial charge is 0.382 e. The van der Waals surface area contributed by atoms with E-state index in [4.69, 9.17) is 0 Å². The van der Waals surface area contributed by atoms with E-state index in [9.17, 15) is 5.11 Å². The molecule has 1 aliphatic rings. The van der Waals surface area contributed by atoms with Crippen molar-refractivity contribution in [3.8, 4) is 0 Å². The number of hydrogen-bond acceptors (Lipinski definition) is 4. The number of aromatic amines is 1. The van der Waals surface area contributed by atoms with Gasteiger partial charge in [0.05, 0.1) is 6.20 Å². The molecule has 0 aromatic carbocycles. The Kier molecular flexibility index (Phi) is 4.26. The molecule has 1 aromatic heterocycles. The van der Waals surface area contributed by atoms with Crippen LogP contribution in [0.1, 0.15) is 39.8 Å². The van der Waals surface area contributed by atoms with Crippen LogP contribution in [0.3, 0.4) is 0 Å². The lowest BCUT2D eigenvalue weighted by molar-refractivity contribution is 0.0375. The van der Waals surface area contributed by atoms with Crippen LogP contribution in [0.25, 0.3) is 0 Å². The summed E-state index contributed by atoms with van der Waals surface area (Å²) in [5, 5.41) is 21.1. The van der Waals surface area contributed by atoms with Gasteiger partial charge in [-0.2, -0.15) is 15.4 Å². The van der Waals surface area contributed by atoms with Gasteiger partial charge in [-0.25, -0.2) is 0 Å². The minimum atomic E-state index is -0.828. The van der Waals surface area contributed by atoms with Crippen LogP contribution in [0.5, 0.6) is 0 Å². The fourth-order valence-corrected chi connectivity index (χ4v) is 3.15. The summed E-state index contributed by atoms with van der Waals surface area (Å²) in [6.07, 6.45) is 2.37. The lowest BCUT2D eigenvalue weighted by atomic mass is 9.85. The van der Waals surface area contributed by atoms with Gasteiger partial charge in [-0.15, -0.1) is 0 Å². The maximum absolute atomic E-state index is 10.6. The first-order chi connectivity index (χ1) is 8.92. The third-order valence-corrected chi connectivity index (χ3v) is 4.40. The van der Waals surface area contributed by atoms with E-state index in [1.165, 1.54) is 0 Å². The molecule has 1 saturated heterocycles. The van der Waals surface area contributed by atoms with E-state index in [1.54, 1.807) is 6.20 Å². The van der Waals surface area contributed by atoms with E-state index in [2.05, 4.69) is 48.0 Å². The highest BCUT2D eigenvalue weighted by atomic mass is 16.3. The molecular weight excluding hydrogens is 240 g/mol. The quantitative estimate of drug-likeness (QED) is 0.850. The first-order valence-electron chi connectivity index (χ1n) is 7.23. The number of aromatic nitrogens is 3. The van der Waals surface area contributed by atoms with E-state index in [0.29, 0.717) is 30.0 Å². The van der Waals surface area contributed by atoms with Gasteiger partial charge in [0.1, 0.15) is 11.3 Å². The highest BCUT2D eigenvalue weighted by Crippen LogP contribution is 2.32. The second-order valence-electron chi connectivity index (χ2n) is 6.52. The van der Waals surface area contributed by atoms with Gasteiger partial charge in [0.25, 0.3) is 0 Å². The van der Waals surface area contributed by atoms with Crippen molar-refractivity contribution in [3.05, 3.63) is 11.9 Å². The molecular formula is C14H26N4O. The van der Waals surface area contributed by atoms with Crippen molar-refractivity contribution in [3.63, 3.8) is 0 Å². The molecule has 0 aliphatic carbocycles.